The van der Waals surface area contributed by atoms with Crippen LogP contribution in [0, 0.1) is 17.8 Å². The number of rotatable bonds is 2. The number of hydrogen-bond acceptors (Lipinski definition) is 3. The van der Waals surface area contributed by atoms with E-state index in [1.165, 1.54) is 12.8 Å². The van der Waals surface area contributed by atoms with Gasteiger partial charge in [0.15, 0.2) is 0 Å². The van der Waals surface area contributed by atoms with Crippen LogP contribution in [0.5, 0.6) is 0 Å². The fourth-order valence-electron chi connectivity index (χ4n) is 5.60. The fourth-order valence-corrected chi connectivity index (χ4v) is 6.54. The second-order valence-electron chi connectivity index (χ2n) is 7.84. The molecule has 2 unspecified atom stereocenters. The first-order valence-corrected chi connectivity index (χ1v) is 9.49. The predicted molar refractivity (Wildman–Crippen MR) is 91.6 cm³/mol. The van der Waals surface area contributed by atoms with Crippen LogP contribution in [0.4, 0.5) is 0 Å². The minimum Gasteiger partial charge on any atom is -0.390 e. The zero-order chi connectivity index (χ0) is 15.6. The highest BCUT2D eigenvalue weighted by Crippen LogP contribution is 2.55. The van der Waals surface area contributed by atoms with E-state index in [1.54, 1.807) is 11.3 Å². The third-order valence-electron chi connectivity index (χ3n) is 6.26. The van der Waals surface area contributed by atoms with Crippen LogP contribution in [-0.2, 0) is 0 Å². The molecule has 1 amide bonds. The molecule has 4 aliphatic carbocycles. The lowest BCUT2D eigenvalue weighted by molar-refractivity contribution is -0.136. The molecule has 120 valence electrons. The molecule has 1 heterocycles. The van der Waals surface area contributed by atoms with Crippen LogP contribution < -0.4 is 5.32 Å². The van der Waals surface area contributed by atoms with Crippen LogP contribution in [0.1, 0.15) is 42.5 Å². The monoisotopic (exact) mass is 327 g/mol. The lowest BCUT2D eigenvalue weighted by Gasteiger charge is -2.58. The standard InChI is InChI=1S/C19H21NO2S/c21-18(15-10-23-16-4-2-1-3-14(15)16)20-17-12-5-11-6-13(17)9-19(22,7-11)8-12/h1-4,10-13,17,22H,5-9H2,(H,20,21)/t11?,12-,13?,17-,19+/m0/s1. The van der Waals surface area contributed by atoms with E-state index in [1.807, 2.05) is 23.6 Å². The van der Waals surface area contributed by atoms with E-state index < -0.39 is 5.60 Å². The molecule has 4 saturated carbocycles. The second-order valence-corrected chi connectivity index (χ2v) is 8.75. The molecule has 0 aliphatic heterocycles. The lowest BCUT2D eigenvalue weighted by Crippen LogP contribution is -2.61. The van der Waals surface area contributed by atoms with Crippen LogP contribution in [0.25, 0.3) is 10.1 Å². The van der Waals surface area contributed by atoms with Crippen molar-refractivity contribution in [3.05, 3.63) is 35.2 Å². The molecule has 2 N–H and O–H groups in total. The number of benzene rings is 1. The summed E-state index contributed by atoms with van der Waals surface area (Å²) in [5.74, 6) is 1.65. The van der Waals surface area contributed by atoms with Crippen LogP contribution in [0.2, 0.25) is 0 Å². The van der Waals surface area contributed by atoms with E-state index >= 15 is 0 Å². The van der Waals surface area contributed by atoms with E-state index in [2.05, 4.69) is 11.4 Å². The Bertz CT molecular complexity index is 767. The molecule has 4 heteroatoms. The maximum atomic E-state index is 12.8. The Hall–Kier alpha value is -1.39. The van der Waals surface area contributed by atoms with Gasteiger partial charge in [0.05, 0.1) is 11.2 Å². The Morgan fingerprint density at radius 2 is 1.91 bits per heavy atom. The fraction of sp³-hybridized carbons (Fsp3) is 0.526. The Labute approximate surface area is 139 Å². The Kier molecular flexibility index (Phi) is 2.92. The van der Waals surface area contributed by atoms with Gasteiger partial charge in [-0.2, -0.15) is 0 Å². The van der Waals surface area contributed by atoms with Crippen molar-refractivity contribution in [1.82, 2.24) is 5.32 Å². The molecule has 0 spiro atoms. The zero-order valence-corrected chi connectivity index (χ0v) is 13.8. The number of thiophene rings is 1. The van der Waals surface area contributed by atoms with E-state index in [0.717, 1.165) is 34.9 Å². The van der Waals surface area contributed by atoms with E-state index in [4.69, 9.17) is 0 Å². The van der Waals surface area contributed by atoms with Gasteiger partial charge in [-0.05, 0) is 55.9 Å². The normalized spacial score (nSPS) is 38.1. The van der Waals surface area contributed by atoms with Crippen molar-refractivity contribution in [3.8, 4) is 0 Å². The van der Waals surface area contributed by atoms with Gasteiger partial charge in [0.2, 0.25) is 0 Å². The van der Waals surface area contributed by atoms with Gasteiger partial charge in [-0.25, -0.2) is 0 Å². The van der Waals surface area contributed by atoms with Crippen LogP contribution >= 0.6 is 11.3 Å². The Morgan fingerprint density at radius 1 is 1.17 bits per heavy atom. The molecule has 1 aromatic carbocycles. The average Bonchev–Trinajstić information content (AvgIpc) is 2.93. The molecule has 4 bridgehead atoms. The molecule has 4 fully saturated rings. The number of aliphatic hydroxyl groups is 1. The molecule has 4 aliphatic rings. The minimum absolute atomic E-state index is 0.0620. The molecular formula is C19H21NO2S. The predicted octanol–water partition coefficient (Wildman–Crippen LogP) is 3.57. The summed E-state index contributed by atoms with van der Waals surface area (Å²) >= 11 is 1.63. The van der Waals surface area contributed by atoms with E-state index in [9.17, 15) is 9.90 Å². The number of amides is 1. The third-order valence-corrected chi connectivity index (χ3v) is 7.23. The molecule has 23 heavy (non-hydrogen) atoms. The quantitative estimate of drug-likeness (QED) is 0.886. The van der Waals surface area contributed by atoms with Gasteiger partial charge in [-0.15, -0.1) is 11.3 Å². The van der Waals surface area contributed by atoms with Crippen LogP contribution in [0.3, 0.4) is 0 Å². The highest BCUT2D eigenvalue weighted by molar-refractivity contribution is 7.17. The summed E-state index contributed by atoms with van der Waals surface area (Å²) in [7, 11) is 0. The van der Waals surface area contributed by atoms with Crippen molar-refractivity contribution in [3.63, 3.8) is 0 Å². The highest BCUT2D eigenvalue weighted by Gasteiger charge is 2.55. The maximum Gasteiger partial charge on any atom is 0.252 e. The first-order chi connectivity index (χ1) is 11.1. The van der Waals surface area contributed by atoms with Gasteiger partial charge in [-0.3, -0.25) is 4.79 Å². The first kappa shape index (κ1) is 14.0. The second kappa shape index (κ2) is 4.81. The Balaban J connectivity index is 1.41. The zero-order valence-electron chi connectivity index (χ0n) is 13.0. The van der Waals surface area contributed by atoms with E-state index in [-0.39, 0.29) is 11.9 Å². The van der Waals surface area contributed by atoms with Crippen molar-refractivity contribution >= 4 is 27.3 Å². The number of carbonyl (C=O) groups excluding carboxylic acids is 1. The molecule has 3 nitrogen and oxygen atoms in total. The summed E-state index contributed by atoms with van der Waals surface area (Å²) in [4.78, 5) is 12.8. The maximum absolute atomic E-state index is 12.8. The third kappa shape index (κ3) is 2.15. The van der Waals surface area contributed by atoms with Gasteiger partial charge < -0.3 is 10.4 Å². The molecule has 1 aromatic heterocycles. The highest BCUT2D eigenvalue weighted by atomic mass is 32.1. The molecule has 5 atom stereocenters. The Morgan fingerprint density at radius 3 is 2.65 bits per heavy atom. The average molecular weight is 327 g/mol. The first-order valence-electron chi connectivity index (χ1n) is 8.61. The van der Waals surface area contributed by atoms with Crippen LogP contribution in [-0.4, -0.2) is 22.7 Å². The summed E-state index contributed by atoms with van der Waals surface area (Å²) in [6, 6.07) is 8.34. The molecule has 2 aromatic rings. The summed E-state index contributed by atoms with van der Waals surface area (Å²) in [5, 5.41) is 17.0. The van der Waals surface area contributed by atoms with Crippen LogP contribution in [0.15, 0.2) is 29.6 Å². The molecule has 0 radical (unpaired) electrons. The van der Waals surface area contributed by atoms with Crippen molar-refractivity contribution in [1.29, 1.82) is 0 Å². The van der Waals surface area contributed by atoms with Crippen molar-refractivity contribution in [2.45, 2.75) is 43.7 Å². The SMILES string of the molecule is O=C(N[C@@H]1C2CC3C[C@H]1C[C@](O)(C3)C2)c1csc2ccccc12. The molecule has 0 saturated heterocycles. The van der Waals surface area contributed by atoms with Gasteiger partial charge >= 0.3 is 0 Å². The van der Waals surface area contributed by atoms with Crippen molar-refractivity contribution in [2.75, 3.05) is 0 Å². The number of fused-ring (bicyclic) bond motifs is 1. The molecular weight excluding hydrogens is 306 g/mol. The number of hydrogen-bond donors (Lipinski definition) is 2. The van der Waals surface area contributed by atoms with Gasteiger partial charge in [0.25, 0.3) is 5.91 Å². The number of nitrogens with one attached hydrogen (secondary N) is 1. The lowest BCUT2D eigenvalue weighted by atomic mass is 9.52. The van der Waals surface area contributed by atoms with Gasteiger partial charge in [0.1, 0.15) is 0 Å². The summed E-state index contributed by atoms with van der Waals surface area (Å²) in [6.07, 6.45) is 5.07. The topological polar surface area (TPSA) is 49.3 Å². The summed E-state index contributed by atoms with van der Waals surface area (Å²) in [5.41, 5.74) is 0.366. The van der Waals surface area contributed by atoms with Gasteiger partial charge in [-0.1, -0.05) is 18.2 Å². The summed E-state index contributed by atoms with van der Waals surface area (Å²) in [6.45, 7) is 0. The van der Waals surface area contributed by atoms with Crippen molar-refractivity contribution in [2.24, 2.45) is 17.8 Å². The number of carbonyl (C=O) groups is 1. The van der Waals surface area contributed by atoms with E-state index in [0.29, 0.717) is 17.8 Å². The largest absolute Gasteiger partial charge is 0.390 e. The van der Waals surface area contributed by atoms with Crippen molar-refractivity contribution < 1.29 is 9.90 Å². The smallest absolute Gasteiger partial charge is 0.252 e. The van der Waals surface area contributed by atoms with Gasteiger partial charge in [0, 0.05) is 21.5 Å². The minimum atomic E-state index is -0.438. The molecule has 6 rings (SSSR count). The summed E-state index contributed by atoms with van der Waals surface area (Å²) < 4.78 is 1.16.